The number of aromatic amines is 1. The van der Waals surface area contributed by atoms with E-state index < -0.39 is 0 Å². The number of rotatable bonds is 7. The van der Waals surface area contributed by atoms with Gasteiger partial charge in [-0.15, -0.1) is 0 Å². The lowest BCUT2D eigenvalue weighted by Gasteiger charge is -2.55. The zero-order valence-electron chi connectivity index (χ0n) is 18.9. The highest BCUT2D eigenvalue weighted by Gasteiger charge is 2.49. The number of imidazole rings is 1. The summed E-state index contributed by atoms with van der Waals surface area (Å²) in [6, 6.07) is 17.6. The van der Waals surface area contributed by atoms with Crippen LogP contribution in [0.5, 0.6) is 0 Å². The first-order valence-corrected chi connectivity index (χ1v) is 11.9. The maximum absolute atomic E-state index is 13.4. The maximum atomic E-state index is 13.4. The largest absolute Gasteiger partial charge is 0.382 e. The fraction of sp³-hybridized carbons (Fsp3) is 0.407. The van der Waals surface area contributed by atoms with Gasteiger partial charge in [-0.25, -0.2) is 9.37 Å². The third-order valence-corrected chi connectivity index (χ3v) is 7.65. The molecule has 2 fully saturated rings. The van der Waals surface area contributed by atoms with E-state index in [-0.39, 0.29) is 23.2 Å². The second-order valence-electron chi connectivity index (χ2n) is 9.83. The fourth-order valence-corrected chi connectivity index (χ4v) is 6.11. The number of nitrogens with one attached hydrogen (secondary N) is 3. The van der Waals surface area contributed by atoms with Crippen LogP contribution in [0.1, 0.15) is 30.5 Å². The summed E-state index contributed by atoms with van der Waals surface area (Å²) in [6.45, 7) is 2.98. The molecule has 4 atom stereocenters. The fourth-order valence-electron chi connectivity index (χ4n) is 6.11. The van der Waals surface area contributed by atoms with Gasteiger partial charge in [0.05, 0.1) is 6.33 Å². The molecule has 0 radical (unpaired) electrons. The quantitative estimate of drug-likeness (QED) is 0.441. The normalized spacial score (nSPS) is 27.6. The lowest BCUT2D eigenvalue weighted by Crippen LogP contribution is -2.56. The summed E-state index contributed by atoms with van der Waals surface area (Å²) >= 11 is 0. The van der Waals surface area contributed by atoms with E-state index in [1.807, 2.05) is 6.20 Å². The molecule has 33 heavy (non-hydrogen) atoms. The molecule has 5 nitrogen and oxygen atoms in total. The van der Waals surface area contributed by atoms with Gasteiger partial charge in [-0.2, -0.15) is 0 Å². The van der Waals surface area contributed by atoms with Crippen LogP contribution in [0, 0.1) is 28.5 Å². The molecule has 1 saturated carbocycles. The van der Waals surface area contributed by atoms with Crippen LogP contribution >= 0.6 is 0 Å². The predicted molar refractivity (Wildman–Crippen MR) is 130 cm³/mol. The van der Waals surface area contributed by atoms with Crippen molar-refractivity contribution in [3.8, 4) is 0 Å². The Hall–Kier alpha value is -2.99. The van der Waals surface area contributed by atoms with E-state index in [0.717, 1.165) is 56.7 Å². The van der Waals surface area contributed by atoms with E-state index in [4.69, 9.17) is 5.41 Å². The molecule has 0 bridgehead atoms. The highest BCUT2D eigenvalue weighted by Crippen LogP contribution is 2.50. The van der Waals surface area contributed by atoms with Crippen molar-refractivity contribution in [3.63, 3.8) is 0 Å². The van der Waals surface area contributed by atoms with Crippen molar-refractivity contribution < 1.29 is 4.39 Å². The number of anilines is 1. The summed E-state index contributed by atoms with van der Waals surface area (Å²) in [7, 11) is 0. The molecule has 1 aliphatic carbocycles. The molecule has 1 saturated heterocycles. The Morgan fingerprint density at radius 2 is 2.00 bits per heavy atom. The number of hydrogen-bond acceptors (Lipinski definition) is 4. The number of hydrogen-bond donors (Lipinski definition) is 3. The van der Waals surface area contributed by atoms with Crippen LogP contribution in [-0.2, 0) is 13.0 Å². The summed E-state index contributed by atoms with van der Waals surface area (Å²) in [5.41, 5.74) is 3.58. The Labute approximate surface area is 195 Å². The van der Waals surface area contributed by atoms with Crippen molar-refractivity contribution in [1.82, 2.24) is 14.9 Å². The van der Waals surface area contributed by atoms with E-state index >= 15 is 0 Å². The minimum atomic E-state index is -0.223. The Balaban J connectivity index is 1.39. The first kappa shape index (κ1) is 21.8. The summed E-state index contributed by atoms with van der Waals surface area (Å²) in [4.78, 5) is 10.00. The number of halogens is 1. The zero-order chi connectivity index (χ0) is 22.7. The van der Waals surface area contributed by atoms with E-state index in [1.54, 1.807) is 24.7 Å². The van der Waals surface area contributed by atoms with Crippen LogP contribution in [0.2, 0.25) is 0 Å². The molecule has 2 aliphatic rings. The Kier molecular flexibility index (Phi) is 6.27. The van der Waals surface area contributed by atoms with Gasteiger partial charge in [0.1, 0.15) is 5.82 Å². The molecule has 0 spiro atoms. The topological polar surface area (TPSA) is 67.8 Å². The standard InChI is InChI=1S/C27H32FN5/c28-23-6-8-24(9-7-23)32-26-12-22-10-11-33(17-25-16-30-19-31-25)18-27(22,14-21(26)15-29)13-20-4-2-1-3-5-20/h1-9,15-16,19,21-22,26,29,32H,10-14,17-18H2,(H,30,31). The van der Waals surface area contributed by atoms with Crippen LogP contribution < -0.4 is 5.32 Å². The first-order chi connectivity index (χ1) is 16.1. The van der Waals surface area contributed by atoms with Crippen LogP contribution in [0.15, 0.2) is 67.1 Å². The summed E-state index contributed by atoms with van der Waals surface area (Å²) in [5, 5.41) is 11.9. The van der Waals surface area contributed by atoms with Gasteiger partial charge < -0.3 is 15.7 Å². The van der Waals surface area contributed by atoms with Crippen molar-refractivity contribution >= 4 is 11.9 Å². The van der Waals surface area contributed by atoms with E-state index in [1.165, 1.54) is 17.7 Å². The average molecular weight is 446 g/mol. The van der Waals surface area contributed by atoms with Gasteiger partial charge in [0, 0.05) is 48.8 Å². The van der Waals surface area contributed by atoms with Gasteiger partial charge in [0.25, 0.3) is 0 Å². The smallest absolute Gasteiger partial charge is 0.123 e. The second kappa shape index (κ2) is 9.48. The molecule has 172 valence electrons. The summed E-state index contributed by atoms with van der Waals surface area (Å²) in [6.07, 6.45) is 9.49. The van der Waals surface area contributed by atoms with Crippen LogP contribution in [-0.4, -0.2) is 40.2 Å². The number of piperidine rings is 1. The van der Waals surface area contributed by atoms with E-state index in [0.29, 0.717) is 5.92 Å². The van der Waals surface area contributed by atoms with Gasteiger partial charge in [-0.3, -0.25) is 4.90 Å². The minimum absolute atomic E-state index is 0.128. The highest BCUT2D eigenvalue weighted by atomic mass is 19.1. The number of fused-ring (bicyclic) bond motifs is 1. The summed E-state index contributed by atoms with van der Waals surface area (Å²) in [5.74, 6) is 0.492. The Morgan fingerprint density at radius 1 is 1.18 bits per heavy atom. The van der Waals surface area contributed by atoms with Crippen LogP contribution in [0.3, 0.4) is 0 Å². The number of nitrogens with zero attached hydrogens (tertiary/aromatic N) is 2. The molecule has 5 rings (SSSR count). The lowest BCUT2D eigenvalue weighted by atomic mass is 9.56. The number of H-pyrrole nitrogens is 1. The third kappa shape index (κ3) is 4.86. The molecule has 6 heteroatoms. The van der Waals surface area contributed by atoms with Gasteiger partial charge in [0.15, 0.2) is 0 Å². The average Bonchev–Trinajstić information content (AvgIpc) is 3.34. The molecular formula is C27H32FN5. The predicted octanol–water partition coefficient (Wildman–Crippen LogP) is 5.14. The zero-order valence-corrected chi connectivity index (χ0v) is 18.9. The maximum Gasteiger partial charge on any atom is 0.123 e. The summed E-state index contributed by atoms with van der Waals surface area (Å²) < 4.78 is 13.4. The molecule has 2 heterocycles. The Bertz CT molecular complexity index is 1040. The van der Waals surface area contributed by atoms with Crippen molar-refractivity contribution in [1.29, 1.82) is 5.41 Å². The molecule has 3 N–H and O–H groups in total. The van der Waals surface area contributed by atoms with Crippen molar-refractivity contribution in [2.24, 2.45) is 17.3 Å². The van der Waals surface area contributed by atoms with Crippen molar-refractivity contribution in [2.75, 3.05) is 18.4 Å². The SMILES string of the molecule is N=CC1CC2(Cc3ccccc3)CN(Cc3cnc[nH]3)CCC2CC1Nc1ccc(F)cc1. The van der Waals surface area contributed by atoms with Crippen molar-refractivity contribution in [3.05, 3.63) is 84.2 Å². The monoisotopic (exact) mass is 445 g/mol. The lowest BCUT2D eigenvalue weighted by molar-refractivity contribution is -0.0223. The van der Waals surface area contributed by atoms with Gasteiger partial charge in [-0.1, -0.05) is 30.3 Å². The number of likely N-dealkylation sites (tertiary alicyclic amines) is 1. The van der Waals surface area contributed by atoms with Gasteiger partial charge in [0.2, 0.25) is 0 Å². The Morgan fingerprint density at radius 3 is 2.73 bits per heavy atom. The molecule has 0 amide bonds. The second-order valence-corrected chi connectivity index (χ2v) is 9.83. The van der Waals surface area contributed by atoms with Gasteiger partial charge in [-0.05, 0) is 73.4 Å². The minimum Gasteiger partial charge on any atom is -0.382 e. The third-order valence-electron chi connectivity index (χ3n) is 7.65. The molecular weight excluding hydrogens is 413 g/mol. The van der Waals surface area contributed by atoms with Crippen molar-refractivity contribution in [2.45, 2.75) is 38.3 Å². The molecule has 1 aromatic heterocycles. The van der Waals surface area contributed by atoms with Crippen LogP contribution in [0.4, 0.5) is 10.1 Å². The molecule has 3 aromatic rings. The van der Waals surface area contributed by atoms with E-state index in [2.05, 4.69) is 50.5 Å². The molecule has 1 aliphatic heterocycles. The molecule has 2 aromatic carbocycles. The number of benzene rings is 2. The first-order valence-electron chi connectivity index (χ1n) is 11.9. The van der Waals surface area contributed by atoms with Gasteiger partial charge >= 0.3 is 0 Å². The van der Waals surface area contributed by atoms with Crippen LogP contribution in [0.25, 0.3) is 0 Å². The molecule has 4 unspecified atom stereocenters. The van der Waals surface area contributed by atoms with E-state index in [9.17, 15) is 4.39 Å². The number of aromatic nitrogens is 2. The highest BCUT2D eigenvalue weighted by molar-refractivity contribution is 5.60.